The molecule has 1 aromatic carbocycles. The molecule has 9 heteroatoms. The Balaban J connectivity index is 1.69. The number of carbonyl (C=O) groups excluding carboxylic acids is 3. The Labute approximate surface area is 175 Å². The molecule has 2 heterocycles. The number of nitrogens with zero attached hydrogens (tertiary/aromatic N) is 2. The van der Waals surface area contributed by atoms with Gasteiger partial charge in [0, 0.05) is 25.2 Å². The van der Waals surface area contributed by atoms with E-state index in [0.29, 0.717) is 5.56 Å². The lowest BCUT2D eigenvalue weighted by Gasteiger charge is -2.24. The van der Waals surface area contributed by atoms with Crippen LogP contribution in [0.2, 0.25) is 0 Å². The van der Waals surface area contributed by atoms with Gasteiger partial charge in [-0.15, -0.1) is 0 Å². The fourth-order valence-electron chi connectivity index (χ4n) is 3.69. The van der Waals surface area contributed by atoms with Crippen LogP contribution in [0.4, 0.5) is 14.0 Å². The van der Waals surface area contributed by atoms with Crippen LogP contribution in [0.1, 0.15) is 38.8 Å². The number of carbonyl (C=O) groups is 3. The Morgan fingerprint density at radius 1 is 1.17 bits per heavy atom. The molecule has 1 N–H and O–H groups in total. The average Bonchev–Trinajstić information content (AvgIpc) is 3.26. The van der Waals surface area contributed by atoms with Crippen molar-refractivity contribution in [2.75, 3.05) is 19.7 Å². The molecule has 2 atom stereocenters. The fraction of sp³-hybridized carbons (Fsp3) is 0.571. The normalized spacial score (nSPS) is 20.7. The molecule has 0 aliphatic carbocycles. The summed E-state index contributed by atoms with van der Waals surface area (Å²) in [7, 11) is 0. The highest BCUT2D eigenvalue weighted by Gasteiger charge is 2.43. The molecule has 2 aliphatic heterocycles. The average molecular weight is 421 g/mol. The van der Waals surface area contributed by atoms with E-state index >= 15 is 0 Å². The molecule has 3 rings (SSSR count). The molecule has 0 bridgehead atoms. The van der Waals surface area contributed by atoms with Gasteiger partial charge >= 0.3 is 18.1 Å². The molecule has 3 amide bonds. The molecule has 0 aromatic heterocycles. The predicted molar refractivity (Wildman–Crippen MR) is 106 cm³/mol. The maximum absolute atomic E-state index is 14.0. The highest BCUT2D eigenvalue weighted by molar-refractivity contribution is 5.80. The predicted octanol–water partition coefficient (Wildman–Crippen LogP) is 2.65. The second kappa shape index (κ2) is 8.49. The van der Waals surface area contributed by atoms with E-state index in [-0.39, 0.29) is 38.6 Å². The van der Waals surface area contributed by atoms with Gasteiger partial charge in [-0.3, -0.25) is 4.79 Å². The van der Waals surface area contributed by atoms with E-state index in [1.807, 2.05) is 0 Å². The fourth-order valence-corrected chi connectivity index (χ4v) is 3.69. The number of benzene rings is 1. The van der Waals surface area contributed by atoms with Crippen molar-refractivity contribution in [2.45, 2.75) is 52.4 Å². The largest absolute Gasteiger partial charge is 0.466 e. The lowest BCUT2D eigenvalue weighted by molar-refractivity contribution is -0.148. The third-order valence-corrected chi connectivity index (χ3v) is 5.08. The Kier molecular flexibility index (Phi) is 6.19. The smallest absolute Gasteiger partial charge is 0.410 e. The summed E-state index contributed by atoms with van der Waals surface area (Å²) in [5.74, 6) is -1.53. The molecule has 0 saturated carbocycles. The van der Waals surface area contributed by atoms with Crippen LogP contribution in [0.5, 0.6) is 0 Å². The number of esters is 1. The molecule has 1 saturated heterocycles. The quantitative estimate of drug-likeness (QED) is 0.758. The third-order valence-electron chi connectivity index (χ3n) is 5.08. The van der Waals surface area contributed by atoms with Gasteiger partial charge in [-0.2, -0.15) is 0 Å². The lowest BCUT2D eigenvalue weighted by Crippen LogP contribution is -2.48. The summed E-state index contributed by atoms with van der Waals surface area (Å²) in [6.07, 6.45) is -0.552. The van der Waals surface area contributed by atoms with Gasteiger partial charge in [-0.05, 0) is 39.3 Å². The molecule has 0 radical (unpaired) electrons. The van der Waals surface area contributed by atoms with Crippen LogP contribution in [-0.4, -0.2) is 59.2 Å². The van der Waals surface area contributed by atoms with Crippen LogP contribution in [-0.2, 0) is 27.4 Å². The number of likely N-dealkylation sites (tertiary alicyclic amines) is 1. The molecule has 1 aromatic rings. The van der Waals surface area contributed by atoms with Crippen molar-refractivity contribution in [2.24, 2.45) is 5.92 Å². The van der Waals surface area contributed by atoms with Gasteiger partial charge in [0.1, 0.15) is 11.4 Å². The summed E-state index contributed by atoms with van der Waals surface area (Å²) in [4.78, 5) is 40.6. The first kappa shape index (κ1) is 21.9. The van der Waals surface area contributed by atoms with E-state index in [1.165, 1.54) is 15.9 Å². The molecule has 8 nitrogen and oxygen atoms in total. The molecule has 164 valence electrons. The minimum Gasteiger partial charge on any atom is -0.466 e. The van der Waals surface area contributed by atoms with Gasteiger partial charge in [0.2, 0.25) is 0 Å². The standard InChI is InChI=1S/C21H28FN3O5/c1-5-29-18(26)15-11-25(20(28)30-21(2,3)4)12-17(15)23-19(27)24-9-13-7-6-8-16(22)14(13)10-24/h6-8,15,17H,5,9-12H2,1-4H3,(H,23,27)/t15-,17-/m0/s1. The number of urea groups is 1. The zero-order valence-corrected chi connectivity index (χ0v) is 17.7. The SMILES string of the molecule is CCOC(=O)[C@H]1CN(C(=O)OC(C)(C)C)C[C@@H]1NC(=O)N1Cc2cccc(F)c2C1. The number of ether oxygens (including phenoxy) is 2. The Hall–Kier alpha value is -2.84. The zero-order chi connectivity index (χ0) is 22.1. The molecular weight excluding hydrogens is 393 g/mol. The molecule has 0 unspecified atom stereocenters. The molecule has 0 spiro atoms. The Bertz CT molecular complexity index is 838. The van der Waals surface area contributed by atoms with Crippen molar-refractivity contribution < 1.29 is 28.2 Å². The first-order chi connectivity index (χ1) is 14.1. The number of fused-ring (bicyclic) bond motifs is 1. The first-order valence-corrected chi connectivity index (χ1v) is 10.0. The summed E-state index contributed by atoms with van der Waals surface area (Å²) >= 11 is 0. The maximum Gasteiger partial charge on any atom is 0.410 e. The molecule has 30 heavy (non-hydrogen) atoms. The van der Waals surface area contributed by atoms with Crippen molar-refractivity contribution in [3.63, 3.8) is 0 Å². The minimum absolute atomic E-state index is 0.0908. The van der Waals surface area contributed by atoms with Crippen molar-refractivity contribution in [3.8, 4) is 0 Å². The van der Waals surface area contributed by atoms with Crippen LogP contribution in [0.15, 0.2) is 18.2 Å². The highest BCUT2D eigenvalue weighted by atomic mass is 19.1. The summed E-state index contributed by atoms with van der Waals surface area (Å²) < 4.78 is 24.5. The second-order valence-corrected chi connectivity index (χ2v) is 8.53. The van der Waals surface area contributed by atoms with E-state index < -0.39 is 35.7 Å². The van der Waals surface area contributed by atoms with Gasteiger partial charge in [-0.25, -0.2) is 14.0 Å². The van der Waals surface area contributed by atoms with E-state index in [0.717, 1.165) is 5.56 Å². The number of rotatable bonds is 3. The van der Waals surface area contributed by atoms with Crippen LogP contribution in [0, 0.1) is 11.7 Å². The van der Waals surface area contributed by atoms with E-state index in [4.69, 9.17) is 9.47 Å². The van der Waals surface area contributed by atoms with E-state index in [9.17, 15) is 18.8 Å². The molecule has 2 aliphatic rings. The lowest BCUT2D eigenvalue weighted by atomic mass is 10.0. The number of nitrogens with one attached hydrogen (secondary N) is 1. The monoisotopic (exact) mass is 421 g/mol. The van der Waals surface area contributed by atoms with E-state index in [1.54, 1.807) is 39.8 Å². The summed E-state index contributed by atoms with van der Waals surface area (Å²) in [5, 5.41) is 2.83. The van der Waals surface area contributed by atoms with Gasteiger partial charge < -0.3 is 24.6 Å². The first-order valence-electron chi connectivity index (χ1n) is 10.0. The number of hydrogen-bond donors (Lipinski definition) is 1. The van der Waals surface area contributed by atoms with Crippen molar-refractivity contribution >= 4 is 18.1 Å². The third kappa shape index (κ3) is 4.83. The van der Waals surface area contributed by atoms with Crippen LogP contribution >= 0.6 is 0 Å². The Morgan fingerprint density at radius 3 is 2.53 bits per heavy atom. The molecule has 1 fully saturated rings. The van der Waals surface area contributed by atoms with Crippen LogP contribution in [0.25, 0.3) is 0 Å². The van der Waals surface area contributed by atoms with Crippen LogP contribution < -0.4 is 5.32 Å². The number of hydrogen-bond acceptors (Lipinski definition) is 5. The minimum atomic E-state index is -0.705. The number of amides is 3. The summed E-state index contributed by atoms with van der Waals surface area (Å²) in [6.45, 7) is 7.82. The van der Waals surface area contributed by atoms with E-state index in [2.05, 4.69) is 5.32 Å². The van der Waals surface area contributed by atoms with Gasteiger partial charge in [-0.1, -0.05) is 12.1 Å². The molecular formula is C21H28FN3O5. The summed E-state index contributed by atoms with van der Waals surface area (Å²) in [5.41, 5.74) is 0.578. The highest BCUT2D eigenvalue weighted by Crippen LogP contribution is 2.26. The topological polar surface area (TPSA) is 88.2 Å². The summed E-state index contributed by atoms with van der Waals surface area (Å²) in [6, 6.07) is 3.72. The Morgan fingerprint density at radius 2 is 1.90 bits per heavy atom. The van der Waals surface area contributed by atoms with Gasteiger partial charge in [0.05, 0.1) is 25.1 Å². The maximum atomic E-state index is 14.0. The van der Waals surface area contributed by atoms with Gasteiger partial charge in [0.15, 0.2) is 0 Å². The van der Waals surface area contributed by atoms with Crippen LogP contribution in [0.3, 0.4) is 0 Å². The number of halogens is 1. The van der Waals surface area contributed by atoms with Crippen molar-refractivity contribution in [1.29, 1.82) is 0 Å². The van der Waals surface area contributed by atoms with Gasteiger partial charge in [0.25, 0.3) is 0 Å². The van der Waals surface area contributed by atoms with Crippen molar-refractivity contribution in [3.05, 3.63) is 35.1 Å². The zero-order valence-electron chi connectivity index (χ0n) is 17.7. The second-order valence-electron chi connectivity index (χ2n) is 8.53. The van der Waals surface area contributed by atoms with Crippen molar-refractivity contribution in [1.82, 2.24) is 15.1 Å².